The molecule has 0 aromatic heterocycles. The number of anilines is 2. The zero-order chi connectivity index (χ0) is 16.2. The monoisotopic (exact) mass is 331 g/mol. The van der Waals surface area contributed by atoms with E-state index < -0.39 is 6.04 Å². The van der Waals surface area contributed by atoms with E-state index in [1.54, 1.807) is 12.1 Å². The molecule has 3 rings (SSSR count). The molecule has 2 atom stereocenters. The molecule has 1 aliphatic heterocycles. The first kappa shape index (κ1) is 15.8. The van der Waals surface area contributed by atoms with Gasteiger partial charge in [0.2, 0.25) is 5.91 Å². The number of hydrogen-bond acceptors (Lipinski definition) is 5. The largest absolute Gasteiger partial charge is 0.367 e. The Morgan fingerprint density at radius 2 is 1.87 bits per heavy atom. The van der Waals surface area contributed by atoms with Crippen LogP contribution in [0.15, 0.2) is 48.5 Å². The lowest BCUT2D eigenvalue weighted by Crippen LogP contribution is -2.47. The molecule has 7 heteroatoms. The van der Waals surface area contributed by atoms with Gasteiger partial charge in [-0.3, -0.25) is 4.79 Å². The molecule has 1 fully saturated rings. The zero-order valence-corrected chi connectivity index (χ0v) is 13.3. The summed E-state index contributed by atoms with van der Waals surface area (Å²) in [5, 5.41) is 6.81. The Morgan fingerprint density at radius 3 is 2.61 bits per heavy atom. The first-order valence-electron chi connectivity index (χ1n) is 7.27. The maximum absolute atomic E-state index is 12.5. The number of hydrogen-bond donors (Lipinski definition) is 5. The van der Waals surface area contributed by atoms with Gasteiger partial charge in [-0.25, -0.2) is 10.9 Å². The summed E-state index contributed by atoms with van der Waals surface area (Å²) in [6, 6.07) is 14.5. The predicted molar refractivity (Wildman–Crippen MR) is 91.9 cm³/mol. The SMILES string of the molecule is Cc1cccc(NC(=O)C2NNNC2Nc2ccc(Cl)cc2)c1. The third-order valence-electron chi connectivity index (χ3n) is 3.52. The number of rotatable bonds is 4. The molecule has 0 aliphatic carbocycles. The summed E-state index contributed by atoms with van der Waals surface area (Å²) in [5.74, 6) is -0.139. The Bertz CT molecular complexity index is 691. The first-order chi connectivity index (χ1) is 11.1. The summed E-state index contributed by atoms with van der Waals surface area (Å²) in [6.07, 6.45) is -0.305. The summed E-state index contributed by atoms with van der Waals surface area (Å²) in [5.41, 5.74) is 11.4. The third kappa shape index (κ3) is 4.00. The number of benzene rings is 2. The topological polar surface area (TPSA) is 77.2 Å². The number of carbonyl (C=O) groups excluding carboxylic acids is 1. The molecule has 2 aromatic carbocycles. The Kier molecular flexibility index (Phi) is 4.78. The van der Waals surface area contributed by atoms with Gasteiger partial charge in [0.25, 0.3) is 0 Å². The van der Waals surface area contributed by atoms with Gasteiger partial charge in [0.15, 0.2) is 0 Å². The van der Waals surface area contributed by atoms with Crippen LogP contribution in [0.2, 0.25) is 5.02 Å². The molecule has 5 N–H and O–H groups in total. The molecular formula is C16H18ClN5O. The van der Waals surface area contributed by atoms with Crippen molar-refractivity contribution in [3.8, 4) is 0 Å². The number of aryl methyl sites for hydroxylation is 1. The molecule has 2 aromatic rings. The van der Waals surface area contributed by atoms with Gasteiger partial charge >= 0.3 is 0 Å². The van der Waals surface area contributed by atoms with Crippen LogP contribution in [0.5, 0.6) is 0 Å². The molecule has 6 nitrogen and oxygen atoms in total. The van der Waals surface area contributed by atoms with E-state index in [-0.39, 0.29) is 12.1 Å². The van der Waals surface area contributed by atoms with Crippen molar-refractivity contribution in [3.63, 3.8) is 0 Å². The second-order valence-corrected chi connectivity index (χ2v) is 5.82. The molecule has 2 unspecified atom stereocenters. The second-order valence-electron chi connectivity index (χ2n) is 5.38. The maximum Gasteiger partial charge on any atom is 0.246 e. The van der Waals surface area contributed by atoms with Crippen molar-refractivity contribution in [1.82, 2.24) is 16.4 Å². The van der Waals surface area contributed by atoms with E-state index in [0.29, 0.717) is 5.02 Å². The minimum absolute atomic E-state index is 0.139. The second kappa shape index (κ2) is 6.97. The van der Waals surface area contributed by atoms with Gasteiger partial charge in [-0.05, 0) is 48.9 Å². The highest BCUT2D eigenvalue weighted by molar-refractivity contribution is 6.30. The molecule has 0 bridgehead atoms. The quantitative estimate of drug-likeness (QED) is 0.592. The van der Waals surface area contributed by atoms with Crippen molar-refractivity contribution in [1.29, 1.82) is 0 Å². The van der Waals surface area contributed by atoms with Gasteiger partial charge in [0.05, 0.1) is 0 Å². The van der Waals surface area contributed by atoms with Crippen LogP contribution in [0, 0.1) is 6.92 Å². The smallest absolute Gasteiger partial charge is 0.246 e. The number of carbonyl (C=O) groups is 1. The van der Waals surface area contributed by atoms with Crippen LogP contribution >= 0.6 is 11.6 Å². The van der Waals surface area contributed by atoms with Crippen molar-refractivity contribution in [2.45, 2.75) is 19.1 Å². The molecule has 1 amide bonds. The Hall–Kier alpha value is -2.12. The molecule has 0 saturated carbocycles. The van der Waals surface area contributed by atoms with Gasteiger partial charge in [0.1, 0.15) is 12.2 Å². The van der Waals surface area contributed by atoms with Crippen molar-refractivity contribution >= 4 is 28.9 Å². The summed E-state index contributed by atoms with van der Waals surface area (Å²) >= 11 is 5.88. The van der Waals surface area contributed by atoms with Gasteiger partial charge in [-0.15, -0.1) is 0 Å². The number of nitrogens with one attached hydrogen (secondary N) is 5. The number of halogens is 1. The average molecular weight is 332 g/mol. The molecular weight excluding hydrogens is 314 g/mol. The molecule has 120 valence electrons. The fraction of sp³-hybridized carbons (Fsp3) is 0.188. The van der Waals surface area contributed by atoms with Gasteiger partial charge in [0, 0.05) is 16.4 Å². The van der Waals surface area contributed by atoms with Crippen LogP contribution in [-0.2, 0) is 4.79 Å². The van der Waals surface area contributed by atoms with Crippen LogP contribution in [0.4, 0.5) is 11.4 Å². The Balaban J connectivity index is 1.66. The summed E-state index contributed by atoms with van der Waals surface area (Å²) in [6.45, 7) is 1.98. The summed E-state index contributed by atoms with van der Waals surface area (Å²) in [7, 11) is 0. The minimum atomic E-state index is -0.480. The van der Waals surface area contributed by atoms with Crippen LogP contribution in [0.3, 0.4) is 0 Å². The molecule has 1 aliphatic rings. The van der Waals surface area contributed by atoms with Crippen molar-refractivity contribution in [3.05, 3.63) is 59.1 Å². The molecule has 0 spiro atoms. The fourth-order valence-corrected chi connectivity index (χ4v) is 2.49. The highest BCUT2D eigenvalue weighted by Crippen LogP contribution is 2.16. The van der Waals surface area contributed by atoms with Gasteiger partial charge < -0.3 is 10.6 Å². The first-order valence-corrected chi connectivity index (χ1v) is 7.65. The molecule has 23 heavy (non-hydrogen) atoms. The Morgan fingerprint density at radius 1 is 1.09 bits per heavy atom. The van der Waals surface area contributed by atoms with Crippen LogP contribution in [0.25, 0.3) is 0 Å². The van der Waals surface area contributed by atoms with E-state index >= 15 is 0 Å². The predicted octanol–water partition coefficient (Wildman–Crippen LogP) is 2.01. The zero-order valence-electron chi connectivity index (χ0n) is 12.6. The van der Waals surface area contributed by atoms with Gasteiger partial charge in [-0.1, -0.05) is 23.7 Å². The highest BCUT2D eigenvalue weighted by atomic mass is 35.5. The van der Waals surface area contributed by atoms with Crippen LogP contribution < -0.4 is 27.0 Å². The molecule has 1 heterocycles. The third-order valence-corrected chi connectivity index (χ3v) is 3.78. The van der Waals surface area contributed by atoms with Crippen molar-refractivity contribution in [2.24, 2.45) is 0 Å². The van der Waals surface area contributed by atoms with E-state index in [1.807, 2.05) is 43.3 Å². The van der Waals surface area contributed by atoms with Crippen molar-refractivity contribution < 1.29 is 4.79 Å². The Labute approximate surface area is 139 Å². The highest BCUT2D eigenvalue weighted by Gasteiger charge is 2.32. The van der Waals surface area contributed by atoms with E-state index in [1.165, 1.54) is 0 Å². The standard InChI is InChI=1S/C16H18ClN5O/c1-10-3-2-4-13(9-10)19-16(23)14-15(21-22-20-14)18-12-7-5-11(17)6-8-12/h2-9,14-15,18,20-22H,1H3,(H,19,23). The van der Waals surface area contributed by atoms with E-state index in [0.717, 1.165) is 16.9 Å². The maximum atomic E-state index is 12.5. The minimum Gasteiger partial charge on any atom is -0.367 e. The summed E-state index contributed by atoms with van der Waals surface area (Å²) < 4.78 is 0. The molecule has 1 saturated heterocycles. The van der Waals surface area contributed by atoms with E-state index in [2.05, 4.69) is 27.0 Å². The van der Waals surface area contributed by atoms with Gasteiger partial charge in [-0.2, -0.15) is 5.53 Å². The van der Waals surface area contributed by atoms with Crippen molar-refractivity contribution in [2.75, 3.05) is 10.6 Å². The number of hydrazine groups is 2. The van der Waals surface area contributed by atoms with E-state index in [9.17, 15) is 4.79 Å². The van der Waals surface area contributed by atoms with Crippen LogP contribution in [0.1, 0.15) is 5.56 Å². The fourth-order valence-electron chi connectivity index (χ4n) is 2.37. The summed E-state index contributed by atoms with van der Waals surface area (Å²) in [4.78, 5) is 12.5. The lowest BCUT2D eigenvalue weighted by atomic mass is 10.2. The average Bonchev–Trinajstić information content (AvgIpc) is 2.98. The lowest BCUT2D eigenvalue weighted by molar-refractivity contribution is -0.118. The lowest BCUT2D eigenvalue weighted by Gasteiger charge is -2.20. The number of amides is 1. The van der Waals surface area contributed by atoms with E-state index in [4.69, 9.17) is 11.6 Å². The van der Waals surface area contributed by atoms with Crippen LogP contribution in [-0.4, -0.2) is 18.1 Å². The normalized spacial score (nSPS) is 20.3. The molecule has 0 radical (unpaired) electrons.